The molecule has 0 radical (unpaired) electrons. The summed E-state index contributed by atoms with van der Waals surface area (Å²) in [6, 6.07) is 10.8. The second-order valence-corrected chi connectivity index (χ2v) is 5.82. The first-order valence-electron chi connectivity index (χ1n) is 7.00. The van der Waals surface area contributed by atoms with Crippen LogP contribution >= 0.6 is 0 Å². The monoisotopic (exact) mass is 258 g/mol. The van der Waals surface area contributed by atoms with E-state index in [0.717, 1.165) is 19.5 Å². The van der Waals surface area contributed by atoms with Gasteiger partial charge in [0.1, 0.15) is 0 Å². The molecular formula is C16H22N2O. The first-order valence-corrected chi connectivity index (χ1v) is 7.00. The van der Waals surface area contributed by atoms with Crippen molar-refractivity contribution in [3.05, 3.63) is 35.9 Å². The molecular weight excluding hydrogens is 236 g/mol. The molecule has 0 saturated carbocycles. The van der Waals surface area contributed by atoms with Crippen LogP contribution < -0.4 is 0 Å². The Morgan fingerprint density at radius 2 is 2.05 bits per heavy atom. The summed E-state index contributed by atoms with van der Waals surface area (Å²) in [5, 5.41) is 0. The van der Waals surface area contributed by atoms with Gasteiger partial charge in [-0.25, -0.2) is 4.79 Å². The number of hydrogen-bond donors (Lipinski definition) is 0. The van der Waals surface area contributed by atoms with Crippen LogP contribution in [-0.4, -0.2) is 29.1 Å². The van der Waals surface area contributed by atoms with Gasteiger partial charge in [0.15, 0.2) is 0 Å². The molecule has 19 heavy (non-hydrogen) atoms. The van der Waals surface area contributed by atoms with Crippen molar-refractivity contribution >= 4 is 6.08 Å². The van der Waals surface area contributed by atoms with Crippen LogP contribution in [0.25, 0.3) is 0 Å². The van der Waals surface area contributed by atoms with Gasteiger partial charge in [0.2, 0.25) is 6.08 Å². The zero-order chi connectivity index (χ0) is 13.7. The molecule has 1 unspecified atom stereocenters. The van der Waals surface area contributed by atoms with Crippen LogP contribution in [0.5, 0.6) is 0 Å². The number of isocyanates is 1. The second-order valence-electron chi connectivity index (χ2n) is 5.82. The number of nitrogens with zero attached hydrogens (tertiary/aromatic N) is 2. The maximum Gasteiger partial charge on any atom is 0.235 e. The summed E-state index contributed by atoms with van der Waals surface area (Å²) in [6.07, 6.45) is 5.28. The summed E-state index contributed by atoms with van der Waals surface area (Å²) >= 11 is 0. The number of benzene rings is 1. The van der Waals surface area contributed by atoms with Crippen LogP contribution in [0, 0.1) is 0 Å². The predicted octanol–water partition coefficient (Wildman–Crippen LogP) is 3.16. The van der Waals surface area contributed by atoms with Gasteiger partial charge in [-0.1, -0.05) is 36.8 Å². The van der Waals surface area contributed by atoms with E-state index in [1.165, 1.54) is 18.4 Å². The fraction of sp³-hybridized carbons (Fsp3) is 0.562. The molecule has 1 aromatic rings. The molecule has 0 N–H and O–H groups in total. The van der Waals surface area contributed by atoms with Crippen molar-refractivity contribution in [1.82, 2.24) is 4.90 Å². The van der Waals surface area contributed by atoms with E-state index < -0.39 is 0 Å². The van der Waals surface area contributed by atoms with Crippen LogP contribution in [-0.2, 0) is 11.3 Å². The molecule has 1 atom stereocenters. The van der Waals surface area contributed by atoms with Crippen molar-refractivity contribution in [2.24, 2.45) is 4.99 Å². The highest BCUT2D eigenvalue weighted by atomic mass is 16.1. The molecule has 0 bridgehead atoms. The number of piperidine rings is 1. The van der Waals surface area contributed by atoms with E-state index in [1.54, 1.807) is 6.08 Å². The third-order valence-corrected chi connectivity index (χ3v) is 3.99. The third-order valence-electron chi connectivity index (χ3n) is 3.99. The highest BCUT2D eigenvalue weighted by Crippen LogP contribution is 2.29. The summed E-state index contributed by atoms with van der Waals surface area (Å²) in [5.74, 6) is 0. The van der Waals surface area contributed by atoms with Gasteiger partial charge >= 0.3 is 0 Å². The number of aliphatic imine (C=N–C) groups is 1. The number of likely N-dealkylation sites (tertiary alicyclic amines) is 1. The van der Waals surface area contributed by atoms with Crippen LogP contribution in [0.4, 0.5) is 0 Å². The van der Waals surface area contributed by atoms with Crippen molar-refractivity contribution in [2.75, 3.05) is 6.54 Å². The molecule has 0 spiro atoms. The molecule has 0 aliphatic carbocycles. The van der Waals surface area contributed by atoms with Gasteiger partial charge in [-0.05, 0) is 38.8 Å². The Morgan fingerprint density at radius 1 is 1.32 bits per heavy atom. The first kappa shape index (κ1) is 14.0. The minimum atomic E-state index is -0.350. The molecule has 0 aromatic heterocycles. The Labute approximate surface area is 115 Å². The standard InChI is InChI=1S/C16H22N2O/c1-16(2,17-13-19)15-10-6-7-11-18(15)12-14-8-4-3-5-9-14/h3-5,8-9,15H,6-7,10-12H2,1-2H3. The smallest absolute Gasteiger partial charge is 0.235 e. The van der Waals surface area contributed by atoms with Crippen molar-refractivity contribution in [1.29, 1.82) is 0 Å². The lowest BCUT2D eigenvalue weighted by atomic mass is 9.86. The summed E-state index contributed by atoms with van der Waals surface area (Å²) in [5.41, 5.74) is 0.969. The highest BCUT2D eigenvalue weighted by molar-refractivity contribution is 5.35. The zero-order valence-electron chi connectivity index (χ0n) is 11.8. The van der Waals surface area contributed by atoms with E-state index >= 15 is 0 Å². The Morgan fingerprint density at radius 3 is 2.74 bits per heavy atom. The van der Waals surface area contributed by atoms with E-state index in [-0.39, 0.29) is 5.54 Å². The summed E-state index contributed by atoms with van der Waals surface area (Å²) in [7, 11) is 0. The lowest BCUT2D eigenvalue weighted by Gasteiger charge is -2.42. The van der Waals surface area contributed by atoms with E-state index in [1.807, 2.05) is 19.9 Å². The normalized spacial score (nSPS) is 20.8. The first-order chi connectivity index (χ1) is 9.13. The molecule has 1 aromatic carbocycles. The van der Waals surface area contributed by atoms with Gasteiger partial charge in [0.05, 0.1) is 5.54 Å². The van der Waals surface area contributed by atoms with E-state index in [4.69, 9.17) is 0 Å². The molecule has 2 rings (SSSR count). The van der Waals surface area contributed by atoms with Gasteiger partial charge in [-0.15, -0.1) is 0 Å². The average Bonchev–Trinajstić information content (AvgIpc) is 2.40. The van der Waals surface area contributed by atoms with E-state index in [2.05, 4.69) is 34.2 Å². The summed E-state index contributed by atoms with van der Waals surface area (Å²) in [6.45, 7) is 6.08. The molecule has 3 nitrogen and oxygen atoms in total. The van der Waals surface area contributed by atoms with Crippen LogP contribution in [0.1, 0.15) is 38.7 Å². The van der Waals surface area contributed by atoms with Crippen LogP contribution in [0.15, 0.2) is 35.3 Å². The van der Waals surface area contributed by atoms with Crippen molar-refractivity contribution < 1.29 is 4.79 Å². The van der Waals surface area contributed by atoms with Crippen LogP contribution in [0.3, 0.4) is 0 Å². The highest BCUT2D eigenvalue weighted by Gasteiger charge is 2.35. The molecule has 102 valence electrons. The molecule has 1 heterocycles. The molecule has 1 saturated heterocycles. The molecule has 1 aliphatic heterocycles. The Hall–Kier alpha value is -1.44. The SMILES string of the molecule is CC(C)(N=C=O)C1CCCCN1Cc1ccccc1. The Balaban J connectivity index is 2.14. The van der Waals surface area contributed by atoms with Gasteiger partial charge < -0.3 is 0 Å². The number of rotatable bonds is 4. The zero-order valence-corrected chi connectivity index (χ0v) is 11.8. The van der Waals surface area contributed by atoms with Gasteiger partial charge in [0, 0.05) is 12.6 Å². The lowest BCUT2D eigenvalue weighted by molar-refractivity contribution is 0.0899. The maximum atomic E-state index is 10.6. The van der Waals surface area contributed by atoms with E-state index in [0.29, 0.717) is 6.04 Å². The number of carbonyl (C=O) groups excluding carboxylic acids is 1. The maximum absolute atomic E-state index is 10.6. The topological polar surface area (TPSA) is 32.7 Å². The number of hydrogen-bond acceptors (Lipinski definition) is 3. The summed E-state index contributed by atoms with van der Waals surface area (Å²) in [4.78, 5) is 17.1. The van der Waals surface area contributed by atoms with E-state index in [9.17, 15) is 4.79 Å². The Bertz CT molecular complexity index is 449. The third kappa shape index (κ3) is 3.52. The van der Waals surface area contributed by atoms with Gasteiger partial charge in [-0.2, -0.15) is 4.99 Å². The minimum absolute atomic E-state index is 0.322. The summed E-state index contributed by atoms with van der Waals surface area (Å²) < 4.78 is 0. The van der Waals surface area contributed by atoms with Crippen molar-refractivity contribution in [2.45, 2.75) is 51.2 Å². The quantitative estimate of drug-likeness (QED) is 0.614. The fourth-order valence-corrected chi connectivity index (χ4v) is 2.99. The van der Waals surface area contributed by atoms with Crippen molar-refractivity contribution in [3.8, 4) is 0 Å². The average molecular weight is 258 g/mol. The molecule has 1 aliphatic rings. The predicted molar refractivity (Wildman–Crippen MR) is 76.7 cm³/mol. The lowest BCUT2D eigenvalue weighted by Crippen LogP contribution is -2.50. The van der Waals surface area contributed by atoms with Crippen molar-refractivity contribution in [3.63, 3.8) is 0 Å². The van der Waals surface area contributed by atoms with Gasteiger partial charge in [-0.3, -0.25) is 4.90 Å². The molecule has 3 heteroatoms. The van der Waals surface area contributed by atoms with Crippen LogP contribution in [0.2, 0.25) is 0 Å². The second kappa shape index (κ2) is 6.14. The minimum Gasteiger partial charge on any atom is -0.294 e. The Kier molecular flexibility index (Phi) is 4.52. The fourth-order valence-electron chi connectivity index (χ4n) is 2.99. The largest absolute Gasteiger partial charge is 0.294 e. The molecule has 1 fully saturated rings. The molecule has 0 amide bonds. The van der Waals surface area contributed by atoms with Gasteiger partial charge in [0.25, 0.3) is 0 Å².